The van der Waals surface area contributed by atoms with Gasteiger partial charge in [0, 0.05) is 17.3 Å². The van der Waals surface area contributed by atoms with Crippen LogP contribution in [-0.2, 0) is 4.74 Å². The van der Waals surface area contributed by atoms with E-state index in [1.165, 1.54) is 16.3 Å². The highest BCUT2D eigenvalue weighted by atomic mass is 16.5. The monoisotopic (exact) mass is 610 g/mol. The van der Waals surface area contributed by atoms with Crippen LogP contribution in [0.15, 0.2) is 151 Å². The van der Waals surface area contributed by atoms with Gasteiger partial charge in [0.2, 0.25) is 12.1 Å². The highest BCUT2D eigenvalue weighted by Gasteiger charge is 2.20. The van der Waals surface area contributed by atoms with Crippen molar-refractivity contribution in [1.29, 1.82) is 0 Å². The molecule has 1 atom stereocenters. The zero-order valence-electron chi connectivity index (χ0n) is 25.7. The first kappa shape index (κ1) is 28.2. The molecule has 47 heavy (non-hydrogen) atoms. The molecule has 226 valence electrons. The maximum Gasteiger partial charge on any atom is 0.245 e. The average molecular weight is 611 g/mol. The summed E-state index contributed by atoms with van der Waals surface area (Å²) >= 11 is 0. The zero-order chi connectivity index (χ0) is 31.6. The number of fused-ring (bicyclic) bond motifs is 2. The maximum atomic E-state index is 5.75. The number of aromatic nitrogens is 3. The normalized spacial score (nSPS) is 14.4. The van der Waals surface area contributed by atoms with E-state index in [1.54, 1.807) is 24.9 Å². The van der Waals surface area contributed by atoms with Crippen molar-refractivity contribution in [2.75, 3.05) is 0 Å². The van der Waals surface area contributed by atoms with Crippen LogP contribution in [0.1, 0.15) is 24.4 Å². The van der Waals surface area contributed by atoms with Gasteiger partial charge in [0.1, 0.15) is 23.9 Å². The van der Waals surface area contributed by atoms with Crippen LogP contribution in [0.2, 0.25) is 0 Å². The Morgan fingerprint density at radius 3 is 2.45 bits per heavy atom. The van der Waals surface area contributed by atoms with Crippen LogP contribution < -0.4 is 5.32 Å². The molecule has 7 aromatic rings. The van der Waals surface area contributed by atoms with Crippen molar-refractivity contribution in [3.05, 3.63) is 158 Å². The molecular formula is C41H30N4O2. The van der Waals surface area contributed by atoms with E-state index in [2.05, 4.69) is 95.2 Å². The van der Waals surface area contributed by atoms with E-state index in [0.717, 1.165) is 50.1 Å². The minimum absolute atomic E-state index is 0.331. The number of ether oxygens (including phenoxy) is 1. The Morgan fingerprint density at radius 2 is 1.57 bits per heavy atom. The number of hydrogen-bond donors (Lipinski definition) is 1. The third-order valence-electron chi connectivity index (χ3n) is 8.35. The van der Waals surface area contributed by atoms with Crippen molar-refractivity contribution in [2.24, 2.45) is 0 Å². The highest BCUT2D eigenvalue weighted by molar-refractivity contribution is 6.09. The number of nitrogens with zero attached hydrogens (tertiary/aromatic N) is 3. The minimum Gasteiger partial charge on any atom is -0.471 e. The molecule has 1 aliphatic rings. The van der Waals surface area contributed by atoms with Gasteiger partial charge in [0.15, 0.2) is 0 Å². The van der Waals surface area contributed by atoms with E-state index >= 15 is 0 Å². The van der Waals surface area contributed by atoms with Gasteiger partial charge in [-0.15, -0.1) is 0 Å². The lowest BCUT2D eigenvalue weighted by Gasteiger charge is -2.18. The molecule has 0 fully saturated rings. The molecule has 8 rings (SSSR count). The fourth-order valence-electron chi connectivity index (χ4n) is 6.22. The summed E-state index contributed by atoms with van der Waals surface area (Å²) in [6, 6.07) is 35.9. The molecule has 3 aromatic heterocycles. The van der Waals surface area contributed by atoms with Crippen molar-refractivity contribution in [1.82, 2.24) is 20.3 Å². The molecule has 0 spiro atoms. The first-order chi connectivity index (χ1) is 23.3. The van der Waals surface area contributed by atoms with E-state index in [9.17, 15) is 0 Å². The molecule has 0 aliphatic carbocycles. The number of nitrogens with one attached hydrogen (secondary N) is 1. The Hall–Kier alpha value is -6.27. The van der Waals surface area contributed by atoms with E-state index in [-0.39, 0.29) is 6.23 Å². The van der Waals surface area contributed by atoms with Gasteiger partial charge in [-0.2, -0.15) is 0 Å². The lowest BCUT2D eigenvalue weighted by Crippen LogP contribution is -2.13. The number of benzene rings is 4. The fraction of sp³-hybridized carbons (Fsp3) is 0.0488. The van der Waals surface area contributed by atoms with Gasteiger partial charge in [-0.05, 0) is 81.6 Å². The number of allylic oxidation sites excluding steroid dienone is 3. The van der Waals surface area contributed by atoms with Gasteiger partial charge >= 0.3 is 0 Å². The number of hydrogen-bond acceptors (Lipinski definition) is 6. The molecule has 0 amide bonds. The lowest BCUT2D eigenvalue weighted by molar-refractivity contribution is 0.150. The largest absolute Gasteiger partial charge is 0.471 e. The SMILES string of the molecule is C/C=C\C=C/c1cc(-c2cccc(C3NC=CO3)n2)c2cc(-c3cccc4ccccc34)ccc2c1-c1cccc(-c2ncco2)n1. The third kappa shape index (κ3) is 5.36. The van der Waals surface area contributed by atoms with Crippen molar-refractivity contribution < 1.29 is 9.15 Å². The molecule has 4 heterocycles. The Bertz CT molecular complexity index is 2320. The van der Waals surface area contributed by atoms with Gasteiger partial charge in [-0.1, -0.05) is 91.0 Å². The Kier molecular flexibility index (Phi) is 7.36. The van der Waals surface area contributed by atoms with Gasteiger partial charge in [-0.3, -0.25) is 0 Å². The molecule has 1 aliphatic heterocycles. The summed E-state index contributed by atoms with van der Waals surface area (Å²) in [5.41, 5.74) is 8.51. The summed E-state index contributed by atoms with van der Waals surface area (Å²) in [7, 11) is 0. The summed E-state index contributed by atoms with van der Waals surface area (Å²) in [5.74, 6) is 0.482. The van der Waals surface area contributed by atoms with Gasteiger partial charge in [0.05, 0.1) is 17.6 Å². The second-order valence-corrected chi connectivity index (χ2v) is 11.2. The van der Waals surface area contributed by atoms with Crippen molar-refractivity contribution in [3.63, 3.8) is 0 Å². The summed E-state index contributed by atoms with van der Waals surface area (Å²) in [6.45, 7) is 2.01. The predicted molar refractivity (Wildman–Crippen MR) is 189 cm³/mol. The molecular weight excluding hydrogens is 580 g/mol. The highest BCUT2D eigenvalue weighted by Crippen LogP contribution is 2.41. The summed E-state index contributed by atoms with van der Waals surface area (Å²) < 4.78 is 11.4. The van der Waals surface area contributed by atoms with Crippen LogP contribution in [0.3, 0.4) is 0 Å². The van der Waals surface area contributed by atoms with Crippen molar-refractivity contribution in [2.45, 2.75) is 13.2 Å². The molecule has 1 N–H and O–H groups in total. The van der Waals surface area contributed by atoms with Crippen LogP contribution in [0.25, 0.3) is 72.8 Å². The minimum atomic E-state index is -0.331. The summed E-state index contributed by atoms with van der Waals surface area (Å²) in [5, 5.41) is 7.77. The quantitative estimate of drug-likeness (QED) is 0.181. The van der Waals surface area contributed by atoms with E-state index in [0.29, 0.717) is 11.6 Å². The molecule has 0 saturated heterocycles. The van der Waals surface area contributed by atoms with E-state index in [4.69, 9.17) is 19.1 Å². The maximum absolute atomic E-state index is 5.75. The van der Waals surface area contributed by atoms with Crippen LogP contribution in [0.4, 0.5) is 0 Å². The Balaban J connectivity index is 1.41. The summed E-state index contributed by atoms with van der Waals surface area (Å²) in [6.07, 6.45) is 14.6. The molecule has 0 saturated carbocycles. The standard InChI is InChI=1S/C41H30N4O2/c1-2-3-4-11-29-26-34(35-15-8-17-37(44-35)40-42-21-23-46-40)33-25-28(31-14-7-12-27-10-5-6-13-30(27)31)19-20-32(33)39(29)36-16-9-18-38(45-36)41-43-22-24-47-41/h2-26,40,42H,1H3/b3-2-,11-4-. The lowest BCUT2D eigenvalue weighted by atomic mass is 9.88. The van der Waals surface area contributed by atoms with Crippen LogP contribution in [0.5, 0.6) is 0 Å². The zero-order valence-corrected chi connectivity index (χ0v) is 25.7. The second kappa shape index (κ2) is 12.3. The summed E-state index contributed by atoms with van der Waals surface area (Å²) in [4.78, 5) is 14.5. The van der Waals surface area contributed by atoms with Crippen LogP contribution in [0, 0.1) is 0 Å². The molecule has 0 radical (unpaired) electrons. The topological polar surface area (TPSA) is 73.1 Å². The number of pyridine rings is 2. The van der Waals surface area contributed by atoms with E-state index in [1.807, 2.05) is 49.4 Å². The molecule has 0 bridgehead atoms. The Labute approximate surface area is 272 Å². The van der Waals surface area contributed by atoms with Crippen molar-refractivity contribution >= 4 is 27.6 Å². The van der Waals surface area contributed by atoms with Gasteiger partial charge in [0.25, 0.3) is 0 Å². The number of oxazole rings is 1. The van der Waals surface area contributed by atoms with Crippen LogP contribution >= 0.6 is 0 Å². The molecule has 6 heteroatoms. The van der Waals surface area contributed by atoms with Crippen molar-refractivity contribution in [3.8, 4) is 45.2 Å². The predicted octanol–water partition coefficient (Wildman–Crippen LogP) is 10.1. The second-order valence-electron chi connectivity index (χ2n) is 11.2. The first-order valence-electron chi connectivity index (χ1n) is 15.6. The van der Waals surface area contributed by atoms with Gasteiger partial charge < -0.3 is 14.5 Å². The molecule has 4 aromatic carbocycles. The molecule has 6 nitrogen and oxygen atoms in total. The third-order valence-corrected chi connectivity index (χ3v) is 8.35. The van der Waals surface area contributed by atoms with Crippen LogP contribution in [-0.4, -0.2) is 15.0 Å². The Morgan fingerprint density at radius 1 is 0.723 bits per heavy atom. The fourth-order valence-corrected chi connectivity index (χ4v) is 6.22. The number of rotatable bonds is 7. The average Bonchev–Trinajstić information content (AvgIpc) is 3.87. The smallest absolute Gasteiger partial charge is 0.245 e. The van der Waals surface area contributed by atoms with Gasteiger partial charge in [-0.25, -0.2) is 15.0 Å². The first-order valence-corrected chi connectivity index (χ1v) is 15.6. The molecule has 1 unspecified atom stereocenters. The van der Waals surface area contributed by atoms with E-state index < -0.39 is 0 Å².